The van der Waals surface area contributed by atoms with Gasteiger partial charge in [0.05, 0.1) is 18.1 Å². The van der Waals surface area contributed by atoms with Gasteiger partial charge in [-0.2, -0.15) is 0 Å². The molecule has 6 heteroatoms. The van der Waals surface area contributed by atoms with E-state index in [4.69, 9.17) is 4.74 Å². The third kappa shape index (κ3) is 5.81. The van der Waals surface area contributed by atoms with Gasteiger partial charge in [-0.1, -0.05) is 15.9 Å². The number of benzene rings is 1. The maximum Gasteiger partial charge on any atom is 0.234 e. The van der Waals surface area contributed by atoms with Crippen LogP contribution in [0.5, 0.6) is 5.75 Å². The maximum atomic E-state index is 11.7. The summed E-state index contributed by atoms with van der Waals surface area (Å²) in [5.41, 5.74) is 0.771. The second-order valence-corrected chi connectivity index (χ2v) is 7.25. The third-order valence-electron chi connectivity index (χ3n) is 2.40. The highest BCUT2D eigenvalue weighted by Gasteiger charge is 2.14. The van der Waals surface area contributed by atoms with Crippen LogP contribution in [0.25, 0.3) is 0 Å². The van der Waals surface area contributed by atoms with Gasteiger partial charge in [0.15, 0.2) is 0 Å². The van der Waals surface area contributed by atoms with Crippen molar-refractivity contribution in [3.8, 4) is 5.75 Å². The standard InChI is InChI=1S/C14H20Br2N2O2/c1-14(2,3)18-12(19)8-17-7-9-5-10(15)6-11(16)13(9)20-4/h5-6,17H,7-8H2,1-4H3,(H,18,19). The number of halogens is 2. The summed E-state index contributed by atoms with van der Waals surface area (Å²) in [6.45, 7) is 6.70. The number of carbonyl (C=O) groups is 1. The largest absolute Gasteiger partial charge is 0.495 e. The Hall–Kier alpha value is -0.590. The molecule has 0 saturated carbocycles. The number of carbonyl (C=O) groups excluding carboxylic acids is 1. The van der Waals surface area contributed by atoms with Crippen LogP contribution in [-0.4, -0.2) is 25.1 Å². The molecule has 0 saturated heterocycles. The summed E-state index contributed by atoms with van der Waals surface area (Å²) in [6, 6.07) is 3.90. The smallest absolute Gasteiger partial charge is 0.234 e. The lowest BCUT2D eigenvalue weighted by atomic mass is 10.1. The molecule has 2 N–H and O–H groups in total. The Morgan fingerprint density at radius 1 is 1.30 bits per heavy atom. The second-order valence-electron chi connectivity index (χ2n) is 5.48. The van der Waals surface area contributed by atoms with E-state index in [-0.39, 0.29) is 18.0 Å². The highest BCUT2D eigenvalue weighted by atomic mass is 79.9. The van der Waals surface area contributed by atoms with Crippen LogP contribution < -0.4 is 15.4 Å². The van der Waals surface area contributed by atoms with Gasteiger partial charge >= 0.3 is 0 Å². The van der Waals surface area contributed by atoms with Gasteiger partial charge in [0.25, 0.3) is 0 Å². The van der Waals surface area contributed by atoms with Gasteiger partial charge in [-0.25, -0.2) is 0 Å². The Morgan fingerprint density at radius 3 is 2.50 bits per heavy atom. The summed E-state index contributed by atoms with van der Waals surface area (Å²) in [7, 11) is 1.63. The summed E-state index contributed by atoms with van der Waals surface area (Å²) in [5.74, 6) is 0.752. The van der Waals surface area contributed by atoms with Crippen LogP contribution in [0.1, 0.15) is 26.3 Å². The van der Waals surface area contributed by atoms with E-state index in [2.05, 4.69) is 42.5 Å². The first-order valence-corrected chi connectivity index (χ1v) is 7.85. The molecule has 1 rings (SSSR count). The molecule has 0 radical (unpaired) electrons. The van der Waals surface area contributed by atoms with Gasteiger partial charge in [0.2, 0.25) is 5.91 Å². The zero-order valence-electron chi connectivity index (χ0n) is 12.1. The fourth-order valence-electron chi connectivity index (χ4n) is 1.75. The number of hydrogen-bond donors (Lipinski definition) is 2. The van der Waals surface area contributed by atoms with E-state index in [1.165, 1.54) is 0 Å². The van der Waals surface area contributed by atoms with Crippen LogP contribution >= 0.6 is 31.9 Å². The number of nitrogens with one attached hydrogen (secondary N) is 2. The molecule has 20 heavy (non-hydrogen) atoms. The topological polar surface area (TPSA) is 50.4 Å². The summed E-state index contributed by atoms with van der Waals surface area (Å²) in [5, 5.41) is 6.03. The molecule has 1 aromatic rings. The minimum atomic E-state index is -0.213. The van der Waals surface area contributed by atoms with Crippen molar-refractivity contribution < 1.29 is 9.53 Å². The van der Waals surface area contributed by atoms with E-state index in [1.807, 2.05) is 32.9 Å². The molecule has 0 heterocycles. The fraction of sp³-hybridized carbons (Fsp3) is 0.500. The van der Waals surface area contributed by atoms with Crippen LogP contribution in [0.4, 0.5) is 0 Å². The summed E-state index contributed by atoms with van der Waals surface area (Å²) < 4.78 is 7.20. The normalized spacial score (nSPS) is 11.3. The first kappa shape index (κ1) is 17.5. The van der Waals surface area contributed by atoms with E-state index >= 15 is 0 Å². The van der Waals surface area contributed by atoms with Gasteiger partial charge in [0, 0.05) is 22.1 Å². The predicted molar refractivity (Wildman–Crippen MR) is 88.0 cm³/mol. The van der Waals surface area contributed by atoms with Crippen LogP contribution in [0.2, 0.25) is 0 Å². The quantitative estimate of drug-likeness (QED) is 0.787. The number of amides is 1. The van der Waals surface area contributed by atoms with Crippen molar-refractivity contribution in [3.63, 3.8) is 0 Å². The second kappa shape index (κ2) is 7.43. The molecule has 0 aromatic heterocycles. The molecular weight excluding hydrogens is 388 g/mol. The number of hydrogen-bond acceptors (Lipinski definition) is 3. The van der Waals surface area contributed by atoms with E-state index in [0.29, 0.717) is 6.54 Å². The van der Waals surface area contributed by atoms with Gasteiger partial charge in [0.1, 0.15) is 5.75 Å². The number of methoxy groups -OCH3 is 1. The van der Waals surface area contributed by atoms with Gasteiger partial charge in [-0.3, -0.25) is 4.79 Å². The van der Waals surface area contributed by atoms with Crippen LogP contribution in [0, 0.1) is 0 Å². The minimum absolute atomic E-state index is 0.0227. The van der Waals surface area contributed by atoms with Crippen LogP contribution in [-0.2, 0) is 11.3 Å². The van der Waals surface area contributed by atoms with E-state index in [0.717, 1.165) is 20.3 Å². The summed E-state index contributed by atoms with van der Waals surface area (Å²) >= 11 is 6.90. The van der Waals surface area contributed by atoms with Crippen LogP contribution in [0.3, 0.4) is 0 Å². The fourth-order valence-corrected chi connectivity index (χ4v) is 3.22. The van der Waals surface area contributed by atoms with Gasteiger partial charge < -0.3 is 15.4 Å². The molecule has 0 aliphatic heterocycles. The number of rotatable bonds is 5. The van der Waals surface area contributed by atoms with Crippen molar-refractivity contribution in [2.24, 2.45) is 0 Å². The third-order valence-corrected chi connectivity index (χ3v) is 3.45. The zero-order chi connectivity index (χ0) is 15.3. The molecule has 0 bridgehead atoms. The molecule has 1 amide bonds. The molecule has 112 valence electrons. The van der Waals surface area contributed by atoms with E-state index in [9.17, 15) is 4.79 Å². The molecule has 0 aliphatic carbocycles. The average Bonchev–Trinajstić information content (AvgIpc) is 2.25. The molecule has 1 aromatic carbocycles. The highest BCUT2D eigenvalue weighted by molar-refractivity contribution is 9.11. The summed E-state index contributed by atoms with van der Waals surface area (Å²) in [4.78, 5) is 11.7. The van der Waals surface area contributed by atoms with E-state index in [1.54, 1.807) is 7.11 Å². The van der Waals surface area contributed by atoms with Crippen molar-refractivity contribution >= 4 is 37.8 Å². The SMILES string of the molecule is COc1c(Br)cc(Br)cc1CNCC(=O)NC(C)(C)C. The lowest BCUT2D eigenvalue weighted by molar-refractivity contribution is -0.121. The molecular formula is C14H20Br2N2O2. The Labute approximate surface area is 136 Å². The van der Waals surface area contributed by atoms with Crippen molar-refractivity contribution in [3.05, 3.63) is 26.6 Å². The first-order chi connectivity index (χ1) is 9.23. The Bertz CT molecular complexity index is 485. The average molecular weight is 408 g/mol. The molecule has 4 nitrogen and oxygen atoms in total. The van der Waals surface area contributed by atoms with Crippen molar-refractivity contribution in [1.29, 1.82) is 0 Å². The lowest BCUT2D eigenvalue weighted by Crippen LogP contribution is -2.44. The molecule has 0 unspecified atom stereocenters. The van der Waals surface area contributed by atoms with E-state index < -0.39 is 0 Å². The van der Waals surface area contributed by atoms with Gasteiger partial charge in [-0.15, -0.1) is 0 Å². The highest BCUT2D eigenvalue weighted by Crippen LogP contribution is 2.32. The Morgan fingerprint density at radius 2 is 1.95 bits per heavy atom. The van der Waals surface area contributed by atoms with Crippen molar-refractivity contribution in [2.45, 2.75) is 32.9 Å². The Balaban J connectivity index is 2.60. The Kier molecular flexibility index (Phi) is 6.48. The van der Waals surface area contributed by atoms with Crippen molar-refractivity contribution in [2.75, 3.05) is 13.7 Å². The maximum absolute atomic E-state index is 11.7. The number of ether oxygens (including phenoxy) is 1. The lowest BCUT2D eigenvalue weighted by Gasteiger charge is -2.20. The van der Waals surface area contributed by atoms with Gasteiger partial charge in [-0.05, 0) is 48.8 Å². The predicted octanol–water partition coefficient (Wildman–Crippen LogP) is 3.22. The monoisotopic (exact) mass is 406 g/mol. The molecule has 0 spiro atoms. The van der Waals surface area contributed by atoms with Crippen LogP contribution in [0.15, 0.2) is 21.1 Å². The zero-order valence-corrected chi connectivity index (χ0v) is 15.3. The first-order valence-electron chi connectivity index (χ1n) is 6.26. The molecule has 0 atom stereocenters. The van der Waals surface area contributed by atoms with Crippen molar-refractivity contribution in [1.82, 2.24) is 10.6 Å². The molecule has 0 aliphatic rings. The summed E-state index contributed by atoms with van der Waals surface area (Å²) in [6.07, 6.45) is 0. The molecule has 0 fully saturated rings. The minimum Gasteiger partial charge on any atom is -0.495 e.